The summed E-state index contributed by atoms with van der Waals surface area (Å²) in [6, 6.07) is 2.96. The van der Waals surface area contributed by atoms with E-state index in [0.29, 0.717) is 11.3 Å². The Bertz CT molecular complexity index is 367. The first-order chi connectivity index (χ1) is 6.06. The largest absolute Gasteiger partial charge is 0.266 e. The van der Waals surface area contributed by atoms with Crippen LogP contribution in [0.5, 0.6) is 0 Å². The van der Waals surface area contributed by atoms with Crippen LogP contribution in [0.4, 0.5) is 8.78 Å². The van der Waals surface area contributed by atoms with Gasteiger partial charge in [-0.05, 0) is 25.5 Å². The lowest BCUT2D eigenvalue weighted by molar-refractivity contribution is 0.150. The summed E-state index contributed by atoms with van der Waals surface area (Å²) in [7, 11) is 0. The van der Waals surface area contributed by atoms with E-state index in [0.717, 1.165) is 0 Å². The maximum Gasteiger partial charge on any atom is 0.266 e. The molecular formula is C9H8F2N2. The SMILES string of the molecule is Cc1cc(C(F)F)c(C#N)nc1C. The van der Waals surface area contributed by atoms with Gasteiger partial charge in [-0.1, -0.05) is 0 Å². The Balaban J connectivity index is 3.35. The monoisotopic (exact) mass is 182 g/mol. The van der Waals surface area contributed by atoms with Crippen molar-refractivity contribution < 1.29 is 8.78 Å². The molecule has 0 aliphatic heterocycles. The number of hydrogen-bond donors (Lipinski definition) is 0. The lowest BCUT2D eigenvalue weighted by atomic mass is 10.1. The quantitative estimate of drug-likeness (QED) is 0.669. The minimum atomic E-state index is -2.64. The lowest BCUT2D eigenvalue weighted by Crippen LogP contribution is -1.98. The van der Waals surface area contributed by atoms with E-state index in [9.17, 15) is 8.78 Å². The Kier molecular flexibility index (Phi) is 2.57. The first kappa shape index (κ1) is 9.59. The highest BCUT2D eigenvalue weighted by molar-refractivity contribution is 5.36. The molecule has 0 atom stereocenters. The Hall–Kier alpha value is -1.50. The van der Waals surface area contributed by atoms with Gasteiger partial charge in [0.25, 0.3) is 6.43 Å². The fourth-order valence-electron chi connectivity index (χ4n) is 0.982. The second-order valence-corrected chi connectivity index (χ2v) is 2.74. The molecule has 0 N–H and O–H groups in total. The molecule has 1 rings (SSSR count). The van der Waals surface area contributed by atoms with Gasteiger partial charge in [-0.2, -0.15) is 5.26 Å². The van der Waals surface area contributed by atoms with Crippen LogP contribution < -0.4 is 0 Å². The van der Waals surface area contributed by atoms with Gasteiger partial charge in [-0.25, -0.2) is 13.8 Å². The zero-order chi connectivity index (χ0) is 10.0. The zero-order valence-electron chi connectivity index (χ0n) is 7.31. The normalized spacial score (nSPS) is 10.2. The molecule has 1 aromatic rings. The number of pyridine rings is 1. The van der Waals surface area contributed by atoms with Crippen LogP contribution in [0.25, 0.3) is 0 Å². The second kappa shape index (κ2) is 3.48. The second-order valence-electron chi connectivity index (χ2n) is 2.74. The molecule has 0 aliphatic carbocycles. The van der Waals surface area contributed by atoms with Crippen LogP contribution in [0.2, 0.25) is 0 Å². The van der Waals surface area contributed by atoms with Gasteiger partial charge in [0.1, 0.15) is 11.8 Å². The molecule has 0 spiro atoms. The third-order valence-corrected chi connectivity index (χ3v) is 1.84. The minimum absolute atomic E-state index is 0.182. The van der Waals surface area contributed by atoms with Crippen molar-refractivity contribution in [1.29, 1.82) is 5.26 Å². The Morgan fingerprint density at radius 2 is 2.08 bits per heavy atom. The number of nitriles is 1. The average Bonchev–Trinajstić information content (AvgIpc) is 2.08. The number of halogens is 2. The first-order valence-corrected chi connectivity index (χ1v) is 3.72. The maximum atomic E-state index is 12.3. The van der Waals surface area contributed by atoms with Crippen molar-refractivity contribution in [2.75, 3.05) is 0 Å². The Morgan fingerprint density at radius 3 is 2.54 bits per heavy atom. The molecule has 0 aromatic carbocycles. The van der Waals surface area contributed by atoms with Gasteiger partial charge in [0.2, 0.25) is 0 Å². The molecule has 2 nitrogen and oxygen atoms in total. The number of rotatable bonds is 1. The average molecular weight is 182 g/mol. The van der Waals surface area contributed by atoms with Crippen LogP contribution in [0.15, 0.2) is 6.07 Å². The Morgan fingerprint density at radius 1 is 1.46 bits per heavy atom. The standard InChI is InChI=1S/C9H8F2N2/c1-5-3-7(9(10)11)8(4-12)13-6(5)2/h3,9H,1-2H3. The predicted octanol–water partition coefficient (Wildman–Crippen LogP) is 2.51. The number of nitrogens with zero attached hydrogens (tertiary/aromatic N) is 2. The summed E-state index contributed by atoms with van der Waals surface area (Å²) in [5, 5.41) is 8.54. The van der Waals surface area contributed by atoms with E-state index < -0.39 is 6.43 Å². The summed E-state index contributed by atoms with van der Waals surface area (Å²) >= 11 is 0. The highest BCUT2D eigenvalue weighted by Crippen LogP contribution is 2.23. The van der Waals surface area contributed by atoms with E-state index in [1.54, 1.807) is 19.9 Å². The lowest BCUT2D eigenvalue weighted by Gasteiger charge is -2.05. The van der Waals surface area contributed by atoms with Gasteiger partial charge >= 0.3 is 0 Å². The van der Waals surface area contributed by atoms with Gasteiger partial charge in [-0.3, -0.25) is 0 Å². The molecule has 0 bridgehead atoms. The molecule has 4 heteroatoms. The third kappa shape index (κ3) is 1.81. The Labute approximate surface area is 74.8 Å². The van der Waals surface area contributed by atoms with Crippen LogP contribution in [0.3, 0.4) is 0 Å². The summed E-state index contributed by atoms with van der Waals surface area (Å²) in [6.45, 7) is 3.38. The number of aryl methyl sites for hydroxylation is 2. The predicted molar refractivity (Wildman–Crippen MR) is 43.4 cm³/mol. The summed E-state index contributed by atoms with van der Waals surface area (Å²) in [5.74, 6) is 0. The molecule has 68 valence electrons. The van der Waals surface area contributed by atoms with Crippen molar-refractivity contribution in [2.45, 2.75) is 20.3 Å². The van der Waals surface area contributed by atoms with Gasteiger partial charge in [-0.15, -0.1) is 0 Å². The van der Waals surface area contributed by atoms with E-state index >= 15 is 0 Å². The van der Waals surface area contributed by atoms with Gasteiger partial charge in [0, 0.05) is 5.69 Å². The number of hydrogen-bond acceptors (Lipinski definition) is 2. The molecule has 0 saturated heterocycles. The van der Waals surface area contributed by atoms with E-state index in [4.69, 9.17) is 5.26 Å². The third-order valence-electron chi connectivity index (χ3n) is 1.84. The van der Waals surface area contributed by atoms with Crippen LogP contribution >= 0.6 is 0 Å². The number of aromatic nitrogens is 1. The zero-order valence-corrected chi connectivity index (χ0v) is 7.31. The molecular weight excluding hydrogens is 174 g/mol. The van der Waals surface area contributed by atoms with E-state index in [2.05, 4.69) is 4.98 Å². The van der Waals surface area contributed by atoms with Crippen molar-refractivity contribution in [3.8, 4) is 6.07 Å². The van der Waals surface area contributed by atoms with Crippen molar-refractivity contribution >= 4 is 0 Å². The molecule has 0 fully saturated rings. The van der Waals surface area contributed by atoms with Crippen LogP contribution in [0, 0.1) is 25.2 Å². The van der Waals surface area contributed by atoms with E-state index in [1.807, 2.05) is 0 Å². The highest BCUT2D eigenvalue weighted by Gasteiger charge is 2.15. The van der Waals surface area contributed by atoms with Crippen LogP contribution in [-0.4, -0.2) is 4.98 Å². The van der Waals surface area contributed by atoms with Crippen LogP contribution in [-0.2, 0) is 0 Å². The first-order valence-electron chi connectivity index (χ1n) is 3.72. The van der Waals surface area contributed by atoms with Crippen molar-refractivity contribution in [3.63, 3.8) is 0 Å². The molecule has 0 saturated carbocycles. The van der Waals surface area contributed by atoms with Crippen molar-refractivity contribution in [1.82, 2.24) is 4.98 Å². The fraction of sp³-hybridized carbons (Fsp3) is 0.333. The fourth-order valence-corrected chi connectivity index (χ4v) is 0.982. The molecule has 1 heterocycles. The molecule has 1 aromatic heterocycles. The number of alkyl halides is 2. The smallest absolute Gasteiger partial charge is 0.242 e. The van der Waals surface area contributed by atoms with Crippen LogP contribution in [0.1, 0.15) is 28.9 Å². The molecule has 13 heavy (non-hydrogen) atoms. The van der Waals surface area contributed by atoms with Gasteiger partial charge in [0.05, 0.1) is 5.56 Å². The molecule has 0 amide bonds. The highest BCUT2D eigenvalue weighted by atomic mass is 19.3. The molecule has 0 unspecified atom stereocenters. The minimum Gasteiger partial charge on any atom is -0.242 e. The van der Waals surface area contributed by atoms with Gasteiger partial charge in [0.15, 0.2) is 0 Å². The molecule has 0 aliphatic rings. The summed E-state index contributed by atoms with van der Waals surface area (Å²) in [6.07, 6.45) is -2.64. The summed E-state index contributed by atoms with van der Waals surface area (Å²) in [5.41, 5.74) is 0.818. The summed E-state index contributed by atoms with van der Waals surface area (Å²) < 4.78 is 24.7. The van der Waals surface area contributed by atoms with Crippen molar-refractivity contribution in [2.24, 2.45) is 0 Å². The van der Waals surface area contributed by atoms with Crippen molar-refractivity contribution in [3.05, 3.63) is 28.6 Å². The topological polar surface area (TPSA) is 36.7 Å². The van der Waals surface area contributed by atoms with E-state index in [1.165, 1.54) is 6.07 Å². The molecule has 0 radical (unpaired) electrons. The summed E-state index contributed by atoms with van der Waals surface area (Å²) in [4.78, 5) is 3.77. The van der Waals surface area contributed by atoms with E-state index in [-0.39, 0.29) is 11.3 Å². The maximum absolute atomic E-state index is 12.3. The van der Waals surface area contributed by atoms with Gasteiger partial charge < -0.3 is 0 Å².